The van der Waals surface area contributed by atoms with E-state index in [1.54, 1.807) is 0 Å². The summed E-state index contributed by atoms with van der Waals surface area (Å²) in [6.45, 7) is 3.99. The van der Waals surface area contributed by atoms with Gasteiger partial charge in [0.1, 0.15) is 0 Å². The van der Waals surface area contributed by atoms with Gasteiger partial charge in [-0.15, -0.1) is 0 Å². The highest BCUT2D eigenvalue weighted by molar-refractivity contribution is 4.77. The highest BCUT2D eigenvalue weighted by Gasteiger charge is 2.17. The second kappa shape index (κ2) is 3.94. The number of rotatable bonds is 2. The van der Waals surface area contributed by atoms with Crippen LogP contribution in [0.15, 0.2) is 0 Å². The molecule has 0 amide bonds. The SMILES string of the molecule is C[CH]N[C@H]1CC[C@@H](O)CC1. The summed E-state index contributed by atoms with van der Waals surface area (Å²) in [5, 5.41) is 12.4. The molecule has 2 nitrogen and oxygen atoms in total. The van der Waals surface area contributed by atoms with Gasteiger partial charge < -0.3 is 10.4 Å². The highest BCUT2D eigenvalue weighted by Crippen LogP contribution is 2.18. The van der Waals surface area contributed by atoms with Crippen LogP contribution in [0.4, 0.5) is 0 Å². The summed E-state index contributed by atoms with van der Waals surface area (Å²) >= 11 is 0. The maximum absolute atomic E-state index is 9.16. The Bertz CT molecular complexity index is 87.3. The number of aliphatic hydroxyl groups is 1. The van der Waals surface area contributed by atoms with Gasteiger partial charge in [-0.25, -0.2) is 0 Å². The van der Waals surface area contributed by atoms with E-state index in [-0.39, 0.29) is 6.10 Å². The minimum atomic E-state index is -0.0325. The largest absolute Gasteiger partial charge is 0.393 e. The third-order valence-electron chi connectivity index (χ3n) is 2.10. The molecule has 0 aromatic rings. The zero-order valence-electron chi connectivity index (χ0n) is 6.51. The second-order valence-corrected chi connectivity index (χ2v) is 2.96. The molecule has 0 aromatic heterocycles. The summed E-state index contributed by atoms with van der Waals surface area (Å²) in [6.07, 6.45) is 4.13. The monoisotopic (exact) mass is 142 g/mol. The van der Waals surface area contributed by atoms with E-state index >= 15 is 0 Å². The molecule has 1 saturated carbocycles. The topological polar surface area (TPSA) is 32.3 Å². The van der Waals surface area contributed by atoms with Crippen LogP contribution in [0.25, 0.3) is 0 Å². The minimum absolute atomic E-state index is 0.0325. The van der Waals surface area contributed by atoms with Crippen LogP contribution in [0.2, 0.25) is 0 Å². The number of aliphatic hydroxyl groups excluding tert-OH is 1. The molecule has 2 heteroatoms. The van der Waals surface area contributed by atoms with Crippen LogP contribution in [-0.4, -0.2) is 17.3 Å². The molecule has 0 atom stereocenters. The molecule has 0 saturated heterocycles. The molecule has 0 aliphatic heterocycles. The summed E-state index contributed by atoms with van der Waals surface area (Å²) in [6, 6.07) is 0.619. The molecule has 1 fully saturated rings. The lowest BCUT2D eigenvalue weighted by atomic mass is 9.93. The van der Waals surface area contributed by atoms with Gasteiger partial charge >= 0.3 is 0 Å². The van der Waals surface area contributed by atoms with Crippen molar-refractivity contribution in [2.75, 3.05) is 0 Å². The van der Waals surface area contributed by atoms with Crippen LogP contribution < -0.4 is 5.32 Å². The van der Waals surface area contributed by atoms with Crippen LogP contribution in [0.3, 0.4) is 0 Å². The normalized spacial score (nSPS) is 34.2. The average molecular weight is 142 g/mol. The lowest BCUT2D eigenvalue weighted by molar-refractivity contribution is 0.118. The molecule has 59 valence electrons. The molecular weight excluding hydrogens is 126 g/mol. The fourth-order valence-electron chi connectivity index (χ4n) is 1.48. The maximum atomic E-state index is 9.16. The summed E-state index contributed by atoms with van der Waals surface area (Å²) in [4.78, 5) is 0. The Balaban J connectivity index is 2.13. The van der Waals surface area contributed by atoms with E-state index in [0.29, 0.717) is 6.04 Å². The maximum Gasteiger partial charge on any atom is 0.0541 e. The zero-order chi connectivity index (χ0) is 7.40. The molecule has 1 rings (SSSR count). The molecule has 10 heavy (non-hydrogen) atoms. The van der Waals surface area contributed by atoms with Gasteiger partial charge in [0.15, 0.2) is 0 Å². The first-order valence-electron chi connectivity index (χ1n) is 4.05. The van der Waals surface area contributed by atoms with E-state index in [9.17, 15) is 0 Å². The van der Waals surface area contributed by atoms with E-state index < -0.39 is 0 Å². The van der Waals surface area contributed by atoms with Gasteiger partial charge in [-0.3, -0.25) is 0 Å². The molecule has 0 unspecified atom stereocenters. The van der Waals surface area contributed by atoms with Crippen LogP contribution in [0, 0.1) is 6.54 Å². The van der Waals surface area contributed by atoms with Crippen molar-refractivity contribution in [3.8, 4) is 0 Å². The molecule has 1 radical (unpaired) electrons. The minimum Gasteiger partial charge on any atom is -0.393 e. The van der Waals surface area contributed by atoms with Crippen molar-refractivity contribution in [2.45, 2.75) is 44.8 Å². The van der Waals surface area contributed by atoms with Crippen LogP contribution in [-0.2, 0) is 0 Å². The van der Waals surface area contributed by atoms with Crippen LogP contribution >= 0.6 is 0 Å². The van der Waals surface area contributed by atoms with Crippen molar-refractivity contribution < 1.29 is 5.11 Å². The molecule has 0 heterocycles. The van der Waals surface area contributed by atoms with E-state index in [2.05, 4.69) is 5.32 Å². The third kappa shape index (κ3) is 2.27. The van der Waals surface area contributed by atoms with Gasteiger partial charge in [-0.1, -0.05) is 0 Å². The third-order valence-corrected chi connectivity index (χ3v) is 2.10. The highest BCUT2D eigenvalue weighted by atomic mass is 16.3. The van der Waals surface area contributed by atoms with Gasteiger partial charge in [0.05, 0.1) is 6.10 Å². The quantitative estimate of drug-likeness (QED) is 0.604. The van der Waals surface area contributed by atoms with Gasteiger partial charge in [0, 0.05) is 12.6 Å². The Hall–Kier alpha value is -0.0800. The average Bonchev–Trinajstić information content (AvgIpc) is 1.95. The van der Waals surface area contributed by atoms with E-state index in [1.165, 1.54) is 0 Å². The lowest BCUT2D eigenvalue weighted by Crippen LogP contribution is -2.32. The first-order valence-corrected chi connectivity index (χ1v) is 4.05. The fraction of sp³-hybridized carbons (Fsp3) is 0.875. The van der Waals surface area contributed by atoms with E-state index in [0.717, 1.165) is 25.7 Å². The molecule has 1 aliphatic rings. The standard InChI is InChI=1S/C8H16NO/c1-2-9-7-3-5-8(10)6-4-7/h2,7-10H,3-6H2,1H3/t7-,8+. The fourth-order valence-corrected chi connectivity index (χ4v) is 1.48. The molecule has 0 bridgehead atoms. The van der Waals surface area contributed by atoms with Gasteiger partial charge in [0.25, 0.3) is 0 Å². The Kier molecular flexibility index (Phi) is 3.16. The Labute approximate surface area is 62.6 Å². The van der Waals surface area contributed by atoms with Crippen molar-refractivity contribution in [2.24, 2.45) is 0 Å². The van der Waals surface area contributed by atoms with Crippen molar-refractivity contribution in [1.82, 2.24) is 5.32 Å². The van der Waals surface area contributed by atoms with Gasteiger partial charge in [-0.2, -0.15) is 0 Å². The predicted molar refractivity (Wildman–Crippen MR) is 41.4 cm³/mol. The molecule has 2 N–H and O–H groups in total. The van der Waals surface area contributed by atoms with Crippen molar-refractivity contribution >= 4 is 0 Å². The lowest BCUT2D eigenvalue weighted by Gasteiger charge is -2.25. The van der Waals surface area contributed by atoms with Gasteiger partial charge in [0.2, 0.25) is 0 Å². The Morgan fingerprint density at radius 3 is 2.40 bits per heavy atom. The Morgan fingerprint density at radius 2 is 1.90 bits per heavy atom. The summed E-state index contributed by atoms with van der Waals surface area (Å²) in [5.74, 6) is 0. The molecule has 1 aliphatic carbocycles. The summed E-state index contributed by atoms with van der Waals surface area (Å²) in [5.41, 5.74) is 0. The van der Waals surface area contributed by atoms with Gasteiger partial charge in [-0.05, 0) is 32.6 Å². The van der Waals surface area contributed by atoms with Crippen molar-refractivity contribution in [3.63, 3.8) is 0 Å². The Morgan fingerprint density at radius 1 is 1.30 bits per heavy atom. The number of hydrogen-bond acceptors (Lipinski definition) is 2. The van der Waals surface area contributed by atoms with E-state index in [1.807, 2.05) is 13.5 Å². The van der Waals surface area contributed by atoms with Crippen LogP contribution in [0.1, 0.15) is 32.6 Å². The first-order chi connectivity index (χ1) is 4.83. The first kappa shape index (κ1) is 8.02. The van der Waals surface area contributed by atoms with E-state index in [4.69, 9.17) is 5.11 Å². The predicted octanol–water partition coefficient (Wildman–Crippen LogP) is 1.06. The molecule has 0 aromatic carbocycles. The smallest absolute Gasteiger partial charge is 0.0541 e. The summed E-state index contributed by atoms with van der Waals surface area (Å²) < 4.78 is 0. The second-order valence-electron chi connectivity index (χ2n) is 2.96. The molecular formula is C8H16NO. The van der Waals surface area contributed by atoms with Crippen molar-refractivity contribution in [1.29, 1.82) is 0 Å². The number of hydrogen-bond donors (Lipinski definition) is 2. The van der Waals surface area contributed by atoms with Crippen molar-refractivity contribution in [3.05, 3.63) is 6.54 Å². The van der Waals surface area contributed by atoms with Crippen LogP contribution in [0.5, 0.6) is 0 Å². The number of nitrogens with one attached hydrogen (secondary N) is 1. The zero-order valence-corrected chi connectivity index (χ0v) is 6.51. The molecule has 0 spiro atoms. The summed E-state index contributed by atoms with van der Waals surface area (Å²) in [7, 11) is 0.